The number of hydrogen-bond donors (Lipinski definition) is 1. The van der Waals surface area contributed by atoms with E-state index in [1.807, 2.05) is 0 Å². The van der Waals surface area contributed by atoms with Gasteiger partial charge in [-0.2, -0.15) is 0 Å². The largest absolute Gasteiger partial charge is 0.393 e. The van der Waals surface area contributed by atoms with Crippen molar-refractivity contribution in [1.29, 1.82) is 0 Å². The van der Waals surface area contributed by atoms with E-state index in [0.29, 0.717) is 5.92 Å². The van der Waals surface area contributed by atoms with Crippen LogP contribution < -0.4 is 0 Å². The minimum atomic E-state index is -0.0300. The molecule has 1 aliphatic carbocycles. The van der Waals surface area contributed by atoms with Crippen LogP contribution in [0.5, 0.6) is 0 Å². The first-order valence-corrected chi connectivity index (χ1v) is 6.83. The van der Waals surface area contributed by atoms with Crippen molar-refractivity contribution in [2.75, 3.05) is 0 Å². The summed E-state index contributed by atoms with van der Waals surface area (Å²) in [6, 6.07) is 0. The van der Waals surface area contributed by atoms with Crippen molar-refractivity contribution in [1.82, 2.24) is 0 Å². The Hall–Kier alpha value is -0.0400. The van der Waals surface area contributed by atoms with Gasteiger partial charge in [0, 0.05) is 0 Å². The summed E-state index contributed by atoms with van der Waals surface area (Å²) < 4.78 is 0. The molecule has 0 heterocycles. The smallest absolute Gasteiger partial charge is 0.0571 e. The third-order valence-electron chi connectivity index (χ3n) is 4.03. The van der Waals surface area contributed by atoms with Crippen LogP contribution in [0.1, 0.15) is 65.7 Å². The van der Waals surface area contributed by atoms with Crippen LogP contribution in [0.2, 0.25) is 0 Å². The molecule has 1 saturated carbocycles. The molecule has 3 atom stereocenters. The highest BCUT2D eigenvalue weighted by atomic mass is 16.3. The lowest BCUT2D eigenvalue weighted by Crippen LogP contribution is -2.30. The Kier molecular flexibility index (Phi) is 5.66. The first-order chi connectivity index (χ1) is 7.15. The van der Waals surface area contributed by atoms with Crippen LogP contribution in [0.3, 0.4) is 0 Å². The van der Waals surface area contributed by atoms with Crippen LogP contribution in [0.4, 0.5) is 0 Å². The number of aliphatic hydroxyl groups is 1. The molecular formula is C14H28O. The predicted octanol–water partition coefficient (Wildman–Crippen LogP) is 4.00. The summed E-state index contributed by atoms with van der Waals surface area (Å²) in [5, 5.41) is 10.2. The molecule has 0 saturated heterocycles. The fraction of sp³-hybridized carbons (Fsp3) is 1.00. The summed E-state index contributed by atoms with van der Waals surface area (Å²) in [6.07, 6.45) is 8.73. The summed E-state index contributed by atoms with van der Waals surface area (Å²) in [6.45, 7) is 6.76. The second-order valence-corrected chi connectivity index (χ2v) is 5.66. The molecule has 0 amide bonds. The van der Waals surface area contributed by atoms with E-state index >= 15 is 0 Å². The van der Waals surface area contributed by atoms with E-state index in [1.54, 1.807) is 0 Å². The normalized spacial score (nSPS) is 29.4. The Morgan fingerprint density at radius 2 is 1.80 bits per heavy atom. The van der Waals surface area contributed by atoms with Gasteiger partial charge in [0.2, 0.25) is 0 Å². The van der Waals surface area contributed by atoms with E-state index in [0.717, 1.165) is 18.3 Å². The van der Waals surface area contributed by atoms with Gasteiger partial charge in [0.1, 0.15) is 0 Å². The summed E-state index contributed by atoms with van der Waals surface area (Å²) >= 11 is 0. The maximum atomic E-state index is 10.2. The average molecular weight is 212 g/mol. The number of aliphatic hydroxyl groups excluding tert-OH is 1. The zero-order valence-electron chi connectivity index (χ0n) is 10.7. The van der Waals surface area contributed by atoms with Crippen molar-refractivity contribution in [3.05, 3.63) is 0 Å². The van der Waals surface area contributed by atoms with Crippen molar-refractivity contribution < 1.29 is 5.11 Å². The molecule has 1 nitrogen and oxygen atoms in total. The van der Waals surface area contributed by atoms with E-state index in [1.165, 1.54) is 38.5 Å². The van der Waals surface area contributed by atoms with E-state index in [2.05, 4.69) is 20.8 Å². The highest BCUT2D eigenvalue weighted by molar-refractivity contribution is 4.80. The quantitative estimate of drug-likeness (QED) is 0.730. The Morgan fingerprint density at radius 1 is 1.13 bits per heavy atom. The molecule has 1 fully saturated rings. The zero-order valence-corrected chi connectivity index (χ0v) is 10.7. The van der Waals surface area contributed by atoms with Crippen LogP contribution in [-0.2, 0) is 0 Å². The number of hydrogen-bond acceptors (Lipinski definition) is 1. The van der Waals surface area contributed by atoms with Gasteiger partial charge in [-0.3, -0.25) is 0 Å². The lowest BCUT2D eigenvalue weighted by Gasteiger charge is -2.34. The van der Waals surface area contributed by atoms with Gasteiger partial charge in [0.15, 0.2) is 0 Å². The molecule has 0 radical (unpaired) electrons. The molecule has 90 valence electrons. The third-order valence-corrected chi connectivity index (χ3v) is 4.03. The summed E-state index contributed by atoms with van der Waals surface area (Å²) in [5.74, 6) is 2.12. The average Bonchev–Trinajstić information content (AvgIpc) is 2.25. The first-order valence-electron chi connectivity index (χ1n) is 6.83. The molecule has 15 heavy (non-hydrogen) atoms. The second kappa shape index (κ2) is 6.52. The van der Waals surface area contributed by atoms with Crippen molar-refractivity contribution in [2.24, 2.45) is 17.8 Å². The number of rotatable bonds is 5. The minimum Gasteiger partial charge on any atom is -0.393 e. The van der Waals surface area contributed by atoms with Crippen molar-refractivity contribution >= 4 is 0 Å². The van der Waals surface area contributed by atoms with Crippen molar-refractivity contribution in [2.45, 2.75) is 71.8 Å². The molecule has 0 aliphatic heterocycles. The monoisotopic (exact) mass is 212 g/mol. The first kappa shape index (κ1) is 13.0. The van der Waals surface area contributed by atoms with Gasteiger partial charge >= 0.3 is 0 Å². The predicted molar refractivity (Wildman–Crippen MR) is 65.8 cm³/mol. The van der Waals surface area contributed by atoms with Crippen molar-refractivity contribution in [3.8, 4) is 0 Å². The van der Waals surface area contributed by atoms with Crippen molar-refractivity contribution in [3.63, 3.8) is 0 Å². The molecule has 0 bridgehead atoms. The Balaban J connectivity index is 2.37. The molecular weight excluding hydrogens is 184 g/mol. The van der Waals surface area contributed by atoms with Crippen LogP contribution in [0.15, 0.2) is 0 Å². The molecule has 0 aromatic carbocycles. The van der Waals surface area contributed by atoms with E-state index < -0.39 is 0 Å². The van der Waals surface area contributed by atoms with Gasteiger partial charge in [-0.25, -0.2) is 0 Å². The highest BCUT2D eigenvalue weighted by Gasteiger charge is 2.29. The van der Waals surface area contributed by atoms with Gasteiger partial charge in [-0.05, 0) is 37.0 Å². The molecule has 1 N–H and O–H groups in total. The molecule has 1 rings (SSSR count). The van der Waals surface area contributed by atoms with Gasteiger partial charge in [0.05, 0.1) is 6.10 Å². The van der Waals surface area contributed by atoms with E-state index in [-0.39, 0.29) is 6.10 Å². The van der Waals surface area contributed by atoms with Gasteiger partial charge in [0.25, 0.3) is 0 Å². The second-order valence-electron chi connectivity index (χ2n) is 5.66. The molecule has 1 aliphatic rings. The van der Waals surface area contributed by atoms with E-state index in [9.17, 15) is 5.11 Å². The van der Waals surface area contributed by atoms with Crippen LogP contribution >= 0.6 is 0 Å². The van der Waals surface area contributed by atoms with Gasteiger partial charge < -0.3 is 5.11 Å². The molecule has 0 spiro atoms. The van der Waals surface area contributed by atoms with Crippen LogP contribution in [0, 0.1) is 17.8 Å². The van der Waals surface area contributed by atoms with Gasteiger partial charge in [-0.1, -0.05) is 46.5 Å². The topological polar surface area (TPSA) is 20.2 Å². The standard InChI is InChI=1S/C14H28O/c1-4-12-7-5-6-8-13(12)14(15)10-9-11(2)3/h11-15H,4-10H2,1-3H3. The minimum absolute atomic E-state index is 0.0300. The SMILES string of the molecule is CCC1CCCCC1C(O)CCC(C)C. The summed E-state index contributed by atoms with van der Waals surface area (Å²) in [5.41, 5.74) is 0. The fourth-order valence-corrected chi connectivity index (χ4v) is 2.97. The summed E-state index contributed by atoms with van der Waals surface area (Å²) in [7, 11) is 0. The Labute approximate surface area is 95.3 Å². The van der Waals surface area contributed by atoms with Gasteiger partial charge in [-0.15, -0.1) is 0 Å². The van der Waals surface area contributed by atoms with Crippen LogP contribution in [-0.4, -0.2) is 11.2 Å². The fourth-order valence-electron chi connectivity index (χ4n) is 2.97. The highest BCUT2D eigenvalue weighted by Crippen LogP contribution is 2.35. The van der Waals surface area contributed by atoms with E-state index in [4.69, 9.17) is 0 Å². The lowest BCUT2D eigenvalue weighted by atomic mass is 9.74. The third kappa shape index (κ3) is 4.14. The zero-order chi connectivity index (χ0) is 11.3. The lowest BCUT2D eigenvalue weighted by molar-refractivity contribution is 0.0365. The van der Waals surface area contributed by atoms with Crippen LogP contribution in [0.25, 0.3) is 0 Å². The maximum Gasteiger partial charge on any atom is 0.0571 e. The molecule has 0 aromatic heterocycles. The summed E-state index contributed by atoms with van der Waals surface area (Å²) in [4.78, 5) is 0. The molecule has 0 aromatic rings. The maximum absolute atomic E-state index is 10.2. The molecule has 1 heteroatoms. The molecule has 3 unspecified atom stereocenters. The Morgan fingerprint density at radius 3 is 2.40 bits per heavy atom. The Bertz CT molecular complexity index is 165.